The number of hydrogen-bond donors (Lipinski definition) is 2. The normalized spacial score (nSPS) is 14.1. The predicted octanol–water partition coefficient (Wildman–Crippen LogP) is 3.03. The van der Waals surface area contributed by atoms with E-state index in [1.165, 1.54) is 0 Å². The van der Waals surface area contributed by atoms with E-state index in [4.69, 9.17) is 5.11 Å². The number of carboxylic acid groups (broad SMARTS) is 1. The molecule has 0 heterocycles. The number of rotatable bonds is 4. The minimum absolute atomic E-state index is 0.410. The highest BCUT2D eigenvalue weighted by Crippen LogP contribution is 2.58. The topological polar surface area (TPSA) is 37.3 Å². The van der Waals surface area contributed by atoms with Crippen LogP contribution in [0.2, 0.25) is 0 Å². The van der Waals surface area contributed by atoms with E-state index in [0.717, 1.165) is 9.98 Å². The Morgan fingerprint density at radius 3 is 2.31 bits per heavy atom. The summed E-state index contributed by atoms with van der Waals surface area (Å²) in [5, 5.41) is 10.1. The van der Waals surface area contributed by atoms with E-state index in [-0.39, 0.29) is 0 Å². The van der Waals surface area contributed by atoms with Gasteiger partial charge in [-0.2, -0.15) is 0 Å². The van der Waals surface area contributed by atoms with Crippen molar-refractivity contribution in [2.24, 2.45) is 0 Å². The molecule has 0 aliphatic heterocycles. The van der Waals surface area contributed by atoms with Gasteiger partial charge in [-0.1, -0.05) is 12.1 Å². The van der Waals surface area contributed by atoms with Gasteiger partial charge < -0.3 is 5.11 Å². The lowest BCUT2D eigenvalue weighted by atomic mass is 10.2. The van der Waals surface area contributed by atoms with E-state index < -0.39 is 15.1 Å². The van der Waals surface area contributed by atoms with Crippen LogP contribution in [0.25, 0.3) is 0 Å². The van der Waals surface area contributed by atoms with E-state index in [9.17, 15) is 4.79 Å². The Hall–Kier alpha value is -0.610. The molecule has 0 aliphatic carbocycles. The third kappa shape index (κ3) is 4.49. The number of carbonyl (C=O) groups is 1. The first kappa shape index (κ1) is 13.5. The fraction of sp³-hybridized carbons (Fsp3) is 0.417. The Morgan fingerprint density at radius 1 is 1.25 bits per heavy atom. The molecular formula is C12H20O2S2. The number of thioether (sulfide) groups is 1. The van der Waals surface area contributed by atoms with Gasteiger partial charge in [-0.25, -0.2) is 4.79 Å². The van der Waals surface area contributed by atoms with Crippen molar-refractivity contribution in [3.05, 3.63) is 29.8 Å². The van der Waals surface area contributed by atoms with Gasteiger partial charge in [-0.15, -0.1) is 11.8 Å². The van der Waals surface area contributed by atoms with Crippen molar-refractivity contribution in [3.63, 3.8) is 0 Å². The predicted molar refractivity (Wildman–Crippen MR) is 76.8 cm³/mol. The summed E-state index contributed by atoms with van der Waals surface area (Å²) >= 11 is 1.66. The van der Waals surface area contributed by atoms with Gasteiger partial charge in [0, 0.05) is 9.98 Å². The molecule has 1 rings (SSSR count). The van der Waals surface area contributed by atoms with Crippen LogP contribution in [-0.2, 0) is 0 Å². The van der Waals surface area contributed by atoms with E-state index in [1.807, 2.05) is 12.1 Å². The lowest BCUT2D eigenvalue weighted by Gasteiger charge is -2.46. The molecule has 0 saturated carbocycles. The number of thiol groups is 1. The molecule has 92 valence electrons. The van der Waals surface area contributed by atoms with Crippen molar-refractivity contribution in [2.75, 3.05) is 30.1 Å². The second-order valence-corrected chi connectivity index (χ2v) is 15.7. The standard InChI is InChI=1S/C12H20O2S2/c1-16(2,3,4)9-15-11-8-6-5-7-10(11)12(13)14/h5-8,16H,9H2,1-4H3,(H,13,14). The average Bonchev–Trinajstić information content (AvgIpc) is 2.13. The quantitative estimate of drug-likeness (QED) is 0.645. The number of hydrogen-bond acceptors (Lipinski definition) is 2. The van der Waals surface area contributed by atoms with Gasteiger partial charge in [0.05, 0.1) is 5.56 Å². The molecule has 1 aromatic rings. The summed E-state index contributed by atoms with van der Waals surface area (Å²) in [4.78, 5) is 11.9. The van der Waals surface area contributed by atoms with Gasteiger partial charge >= 0.3 is 5.97 Å². The Balaban J connectivity index is 2.87. The van der Waals surface area contributed by atoms with Crippen LogP contribution in [0.5, 0.6) is 0 Å². The number of aromatic carboxylic acids is 1. The van der Waals surface area contributed by atoms with Gasteiger partial charge in [0.25, 0.3) is 0 Å². The summed E-state index contributed by atoms with van der Waals surface area (Å²) in [5.74, 6) is -0.845. The summed E-state index contributed by atoms with van der Waals surface area (Å²) in [6.45, 7) is 0. The molecule has 0 unspecified atom stereocenters. The molecule has 0 aliphatic rings. The molecular weight excluding hydrogens is 240 g/mol. The molecule has 0 atom stereocenters. The lowest BCUT2D eigenvalue weighted by molar-refractivity contribution is 0.0693. The highest BCUT2D eigenvalue weighted by molar-refractivity contribution is 8.51. The first-order chi connectivity index (χ1) is 7.15. The zero-order valence-electron chi connectivity index (χ0n) is 10.2. The fourth-order valence-corrected chi connectivity index (χ4v) is 4.20. The van der Waals surface area contributed by atoms with Crippen molar-refractivity contribution in [2.45, 2.75) is 4.90 Å². The number of carboxylic acids is 1. The summed E-state index contributed by atoms with van der Waals surface area (Å²) in [6, 6.07) is 7.20. The molecule has 0 radical (unpaired) electrons. The van der Waals surface area contributed by atoms with Gasteiger partial charge in [-0.3, -0.25) is 9.16 Å². The Bertz CT molecular complexity index is 396. The van der Waals surface area contributed by atoms with Crippen molar-refractivity contribution < 1.29 is 9.90 Å². The highest BCUT2D eigenvalue weighted by atomic mass is 32.3. The van der Waals surface area contributed by atoms with Crippen LogP contribution in [0.3, 0.4) is 0 Å². The van der Waals surface area contributed by atoms with Crippen LogP contribution in [0, 0.1) is 0 Å². The third-order valence-corrected chi connectivity index (χ3v) is 7.17. The Morgan fingerprint density at radius 2 is 1.81 bits per heavy atom. The van der Waals surface area contributed by atoms with Gasteiger partial charge in [0.15, 0.2) is 0 Å². The third-order valence-electron chi connectivity index (χ3n) is 1.85. The first-order valence-electron chi connectivity index (χ1n) is 5.10. The zero-order chi connectivity index (χ0) is 12.4. The average molecular weight is 260 g/mol. The highest BCUT2D eigenvalue weighted by Gasteiger charge is 2.20. The molecule has 1 N–H and O–H groups in total. The van der Waals surface area contributed by atoms with Crippen LogP contribution >= 0.6 is 20.9 Å². The second-order valence-electron chi connectivity index (χ2n) is 6.02. The van der Waals surface area contributed by atoms with Crippen molar-refractivity contribution in [3.8, 4) is 0 Å². The maximum Gasteiger partial charge on any atom is 0.336 e. The van der Waals surface area contributed by atoms with Gasteiger partial charge in [0.2, 0.25) is 0 Å². The molecule has 16 heavy (non-hydrogen) atoms. The van der Waals surface area contributed by atoms with E-state index in [2.05, 4.69) is 25.0 Å². The molecule has 0 bridgehead atoms. The van der Waals surface area contributed by atoms with Gasteiger partial charge in [-0.05, 0) is 37.2 Å². The zero-order valence-corrected chi connectivity index (χ0v) is 11.9. The maximum absolute atomic E-state index is 11.0. The van der Waals surface area contributed by atoms with Gasteiger partial charge in [0.1, 0.15) is 0 Å². The Kier molecular flexibility index (Phi) is 3.65. The second kappa shape index (κ2) is 4.34. The van der Waals surface area contributed by atoms with Crippen LogP contribution < -0.4 is 0 Å². The Labute approximate surface area is 102 Å². The molecule has 0 spiro atoms. The SMILES string of the molecule is C[SH](C)(C)(C)CSc1ccccc1C(=O)O. The fourth-order valence-electron chi connectivity index (χ4n) is 1.10. The van der Waals surface area contributed by atoms with Crippen LogP contribution in [0.1, 0.15) is 10.4 Å². The molecule has 2 nitrogen and oxygen atoms in total. The van der Waals surface area contributed by atoms with E-state index in [0.29, 0.717) is 5.56 Å². The first-order valence-corrected chi connectivity index (χ1v) is 10.3. The van der Waals surface area contributed by atoms with Crippen LogP contribution in [0.4, 0.5) is 0 Å². The lowest BCUT2D eigenvalue weighted by Crippen LogP contribution is -2.13. The van der Waals surface area contributed by atoms with Crippen molar-refractivity contribution in [1.82, 2.24) is 0 Å². The van der Waals surface area contributed by atoms with Crippen molar-refractivity contribution >= 4 is 26.9 Å². The van der Waals surface area contributed by atoms with Crippen LogP contribution in [-0.4, -0.2) is 41.2 Å². The minimum atomic E-state index is -1.59. The van der Waals surface area contributed by atoms with E-state index >= 15 is 0 Å². The van der Waals surface area contributed by atoms with Crippen LogP contribution in [0.15, 0.2) is 29.2 Å². The molecule has 0 saturated heterocycles. The maximum atomic E-state index is 11.0. The molecule has 0 amide bonds. The number of benzene rings is 1. The van der Waals surface area contributed by atoms with E-state index in [1.54, 1.807) is 23.9 Å². The molecule has 4 heteroatoms. The minimum Gasteiger partial charge on any atom is -0.478 e. The molecule has 0 fully saturated rings. The molecule has 1 aromatic carbocycles. The van der Waals surface area contributed by atoms with Crippen molar-refractivity contribution in [1.29, 1.82) is 0 Å². The summed E-state index contributed by atoms with van der Waals surface area (Å²) < 4.78 is 0. The summed E-state index contributed by atoms with van der Waals surface area (Å²) in [5.41, 5.74) is 0.410. The molecule has 0 aromatic heterocycles. The largest absolute Gasteiger partial charge is 0.478 e. The summed E-state index contributed by atoms with van der Waals surface area (Å²) in [6.07, 6.45) is 9.17. The monoisotopic (exact) mass is 260 g/mol. The smallest absolute Gasteiger partial charge is 0.336 e. The summed E-state index contributed by atoms with van der Waals surface area (Å²) in [7, 11) is -1.59.